The van der Waals surface area contributed by atoms with Crippen LogP contribution >= 0.6 is 11.8 Å². The number of nitro groups is 1. The van der Waals surface area contributed by atoms with Gasteiger partial charge in [0.1, 0.15) is 6.07 Å². The zero-order valence-corrected chi connectivity index (χ0v) is 10.0. The second-order valence-corrected chi connectivity index (χ2v) is 4.56. The molecule has 0 radical (unpaired) electrons. The number of benzene rings is 1. The summed E-state index contributed by atoms with van der Waals surface area (Å²) in [6, 6.07) is 5.57. The third-order valence-corrected chi connectivity index (χ3v) is 3.32. The van der Waals surface area contributed by atoms with Crippen LogP contribution in [-0.4, -0.2) is 27.6 Å². The normalized spacial score (nSPS) is 14.5. The first-order chi connectivity index (χ1) is 8.69. The zero-order valence-electron chi connectivity index (χ0n) is 9.22. The van der Waals surface area contributed by atoms with Crippen molar-refractivity contribution in [2.24, 2.45) is 0 Å². The van der Waals surface area contributed by atoms with E-state index < -0.39 is 22.5 Å². The van der Waals surface area contributed by atoms with E-state index in [1.54, 1.807) is 0 Å². The van der Waals surface area contributed by atoms with Crippen molar-refractivity contribution in [2.45, 2.75) is 16.7 Å². The number of nitro benzene ring substituents is 1. The molecular formula is C10H7F3N2O3S. The molecule has 0 aromatic heterocycles. The number of aliphatic hydroxyl groups is 1. The van der Waals surface area contributed by atoms with Crippen molar-refractivity contribution in [3.8, 4) is 6.07 Å². The van der Waals surface area contributed by atoms with Crippen LogP contribution in [0.15, 0.2) is 29.2 Å². The maximum atomic E-state index is 12.4. The average molecular weight is 292 g/mol. The highest BCUT2D eigenvalue weighted by molar-refractivity contribution is 7.99. The van der Waals surface area contributed by atoms with Gasteiger partial charge in [-0.15, -0.1) is 11.8 Å². The fourth-order valence-electron chi connectivity index (χ4n) is 1.03. The number of hydrogen-bond donors (Lipinski definition) is 1. The minimum Gasteiger partial charge on any atom is -0.368 e. The first-order valence-corrected chi connectivity index (χ1v) is 5.76. The molecule has 1 rings (SSSR count). The minimum absolute atomic E-state index is 0.198. The van der Waals surface area contributed by atoms with Crippen molar-refractivity contribution in [3.05, 3.63) is 34.4 Å². The number of halogens is 3. The summed E-state index contributed by atoms with van der Waals surface area (Å²) in [4.78, 5) is 10.0. The SMILES string of the molecule is N#C[C@](O)(CSc1ccc([N+](=O)[O-])cc1)C(F)(F)F. The summed E-state index contributed by atoms with van der Waals surface area (Å²) in [5.74, 6) is -0.912. The maximum Gasteiger partial charge on any atom is 0.431 e. The van der Waals surface area contributed by atoms with Crippen molar-refractivity contribution >= 4 is 17.4 Å². The molecule has 1 atom stereocenters. The van der Waals surface area contributed by atoms with Crippen molar-refractivity contribution in [1.82, 2.24) is 0 Å². The fraction of sp³-hybridized carbons (Fsp3) is 0.300. The van der Waals surface area contributed by atoms with Gasteiger partial charge in [0.25, 0.3) is 11.3 Å². The Morgan fingerprint density at radius 2 is 1.89 bits per heavy atom. The van der Waals surface area contributed by atoms with E-state index in [2.05, 4.69) is 0 Å². The molecule has 0 unspecified atom stereocenters. The number of non-ortho nitro benzene ring substituents is 1. The van der Waals surface area contributed by atoms with Crippen LogP contribution in [-0.2, 0) is 0 Å². The van der Waals surface area contributed by atoms with Crippen molar-refractivity contribution in [1.29, 1.82) is 5.26 Å². The van der Waals surface area contributed by atoms with Gasteiger partial charge in [-0.05, 0) is 12.1 Å². The van der Waals surface area contributed by atoms with E-state index in [4.69, 9.17) is 10.4 Å². The lowest BCUT2D eigenvalue weighted by Crippen LogP contribution is -2.46. The first kappa shape index (κ1) is 15.3. The van der Waals surface area contributed by atoms with Crippen LogP contribution in [0.1, 0.15) is 0 Å². The third kappa shape index (κ3) is 3.59. The lowest BCUT2D eigenvalue weighted by atomic mass is 10.1. The monoisotopic (exact) mass is 292 g/mol. The predicted molar refractivity (Wildman–Crippen MR) is 60.4 cm³/mol. The van der Waals surface area contributed by atoms with Crippen LogP contribution in [0.5, 0.6) is 0 Å². The van der Waals surface area contributed by atoms with E-state index in [1.165, 1.54) is 12.1 Å². The molecular weight excluding hydrogens is 285 g/mol. The summed E-state index contributed by atoms with van der Waals surface area (Å²) >= 11 is 0.584. The average Bonchev–Trinajstić information content (AvgIpc) is 2.35. The van der Waals surface area contributed by atoms with E-state index in [0.29, 0.717) is 11.8 Å². The molecule has 0 spiro atoms. The molecule has 1 aromatic carbocycles. The standard InChI is InChI=1S/C10H7F3N2O3S/c11-10(12,13)9(16,5-14)6-19-8-3-1-7(2-4-8)15(17)18/h1-4,16H,6H2/t9-/m0/s1. The van der Waals surface area contributed by atoms with Gasteiger partial charge < -0.3 is 5.11 Å². The molecule has 0 heterocycles. The van der Waals surface area contributed by atoms with E-state index in [1.807, 2.05) is 0 Å². The summed E-state index contributed by atoms with van der Waals surface area (Å²) in [7, 11) is 0. The first-order valence-electron chi connectivity index (χ1n) is 4.77. The van der Waals surface area contributed by atoms with Crippen LogP contribution in [0.4, 0.5) is 18.9 Å². The second kappa shape index (κ2) is 5.46. The van der Waals surface area contributed by atoms with Gasteiger partial charge in [-0.1, -0.05) is 0 Å². The molecule has 0 aliphatic heterocycles. The predicted octanol–water partition coefficient (Wildman–Crippen LogP) is 2.50. The van der Waals surface area contributed by atoms with Gasteiger partial charge in [0.2, 0.25) is 0 Å². The Hall–Kier alpha value is -1.79. The number of alkyl halides is 3. The molecule has 5 nitrogen and oxygen atoms in total. The van der Waals surface area contributed by atoms with Gasteiger partial charge in [0, 0.05) is 22.8 Å². The molecule has 102 valence electrons. The highest BCUT2D eigenvalue weighted by Gasteiger charge is 2.54. The lowest BCUT2D eigenvalue weighted by Gasteiger charge is -2.22. The molecule has 0 saturated heterocycles. The molecule has 1 aromatic rings. The molecule has 1 N–H and O–H groups in total. The quantitative estimate of drug-likeness (QED) is 0.399. The molecule has 0 aliphatic carbocycles. The Balaban J connectivity index is 2.77. The van der Waals surface area contributed by atoms with Gasteiger partial charge >= 0.3 is 6.18 Å². The minimum atomic E-state index is -5.06. The Labute approximate surface area is 109 Å². The van der Waals surface area contributed by atoms with Gasteiger partial charge in [0.15, 0.2) is 0 Å². The van der Waals surface area contributed by atoms with Crippen LogP contribution < -0.4 is 0 Å². The number of hydrogen-bond acceptors (Lipinski definition) is 5. The van der Waals surface area contributed by atoms with Gasteiger partial charge in [0.05, 0.1) is 4.92 Å². The van der Waals surface area contributed by atoms with Crippen molar-refractivity contribution < 1.29 is 23.2 Å². The summed E-state index contributed by atoms with van der Waals surface area (Å²) in [5.41, 5.74) is -3.64. The van der Waals surface area contributed by atoms with Crippen LogP contribution in [0.25, 0.3) is 0 Å². The topological polar surface area (TPSA) is 87.2 Å². The van der Waals surface area contributed by atoms with E-state index in [9.17, 15) is 23.3 Å². The summed E-state index contributed by atoms with van der Waals surface area (Å²) in [6.45, 7) is 0. The lowest BCUT2D eigenvalue weighted by molar-refractivity contribution is -0.384. The Kier molecular flexibility index (Phi) is 4.39. The van der Waals surface area contributed by atoms with Crippen molar-refractivity contribution in [3.63, 3.8) is 0 Å². The van der Waals surface area contributed by atoms with E-state index in [-0.39, 0.29) is 10.6 Å². The molecule has 0 amide bonds. The summed E-state index contributed by atoms with van der Waals surface area (Å²) < 4.78 is 37.2. The van der Waals surface area contributed by atoms with E-state index >= 15 is 0 Å². The Morgan fingerprint density at radius 1 is 1.37 bits per heavy atom. The second-order valence-electron chi connectivity index (χ2n) is 3.51. The number of thioether (sulfide) groups is 1. The van der Waals surface area contributed by atoms with Crippen LogP contribution in [0.2, 0.25) is 0 Å². The van der Waals surface area contributed by atoms with Gasteiger partial charge in [-0.25, -0.2) is 0 Å². The summed E-state index contributed by atoms with van der Waals surface area (Å²) in [6.07, 6.45) is -5.06. The molecule has 9 heteroatoms. The molecule has 0 fully saturated rings. The zero-order chi connectivity index (χ0) is 14.7. The number of nitriles is 1. The fourth-order valence-corrected chi connectivity index (χ4v) is 1.96. The maximum absolute atomic E-state index is 12.4. The van der Waals surface area contributed by atoms with Crippen LogP contribution in [0.3, 0.4) is 0 Å². The van der Waals surface area contributed by atoms with Gasteiger partial charge in [-0.3, -0.25) is 10.1 Å². The van der Waals surface area contributed by atoms with Crippen molar-refractivity contribution in [2.75, 3.05) is 5.75 Å². The van der Waals surface area contributed by atoms with Crippen LogP contribution in [0, 0.1) is 21.4 Å². The van der Waals surface area contributed by atoms with E-state index in [0.717, 1.165) is 18.2 Å². The molecule has 0 bridgehead atoms. The third-order valence-electron chi connectivity index (χ3n) is 2.15. The smallest absolute Gasteiger partial charge is 0.368 e. The highest BCUT2D eigenvalue weighted by atomic mass is 32.2. The summed E-state index contributed by atoms with van der Waals surface area (Å²) in [5, 5.41) is 27.9. The molecule has 19 heavy (non-hydrogen) atoms. The molecule has 0 aliphatic rings. The largest absolute Gasteiger partial charge is 0.431 e. The number of rotatable bonds is 4. The highest BCUT2D eigenvalue weighted by Crippen LogP contribution is 2.35. The van der Waals surface area contributed by atoms with Gasteiger partial charge in [-0.2, -0.15) is 18.4 Å². The Bertz CT molecular complexity index is 512. The Morgan fingerprint density at radius 3 is 2.26 bits per heavy atom. The number of nitrogens with zero attached hydrogens (tertiary/aromatic N) is 2. The molecule has 0 saturated carbocycles.